The van der Waals surface area contributed by atoms with Gasteiger partial charge in [-0.1, -0.05) is 96.6 Å². The van der Waals surface area contributed by atoms with Gasteiger partial charge in [-0.15, -0.1) is 0 Å². The molecule has 0 amide bonds. The van der Waals surface area contributed by atoms with Gasteiger partial charge < -0.3 is 4.74 Å². The second-order valence-electron chi connectivity index (χ2n) is 8.61. The molecule has 0 bridgehead atoms. The summed E-state index contributed by atoms with van der Waals surface area (Å²) >= 11 is 0. The number of benzene rings is 3. The maximum Gasteiger partial charge on any atom is 0.127 e. The predicted octanol–water partition coefficient (Wildman–Crippen LogP) is 8.22. The topological polar surface area (TPSA) is 9.23 Å². The predicted molar refractivity (Wildman–Crippen MR) is 136 cm³/mol. The first-order chi connectivity index (χ1) is 15.5. The highest BCUT2D eigenvalue weighted by Crippen LogP contribution is 2.28. The first kappa shape index (κ1) is 21.6. The summed E-state index contributed by atoms with van der Waals surface area (Å²) in [6.45, 7) is 6.34. The number of allylic oxidation sites excluding steroid dienone is 7. The second-order valence-corrected chi connectivity index (χ2v) is 8.61. The normalized spacial score (nSPS) is 17.9. The fraction of sp³-hybridized carbons (Fsp3) is 0.161. The van der Waals surface area contributed by atoms with Crippen molar-refractivity contribution in [2.24, 2.45) is 5.41 Å². The summed E-state index contributed by atoms with van der Waals surface area (Å²) in [4.78, 5) is 0. The molecule has 4 rings (SSSR count). The molecule has 0 aromatic heterocycles. The van der Waals surface area contributed by atoms with E-state index >= 15 is 0 Å². The molecule has 0 heterocycles. The van der Waals surface area contributed by atoms with Crippen LogP contribution in [-0.4, -0.2) is 0 Å². The number of hydrogen-bond donors (Lipinski definition) is 0. The Morgan fingerprint density at radius 1 is 0.781 bits per heavy atom. The number of rotatable bonds is 6. The molecule has 0 spiro atoms. The monoisotopic (exact) mass is 418 g/mol. The first-order valence-corrected chi connectivity index (χ1v) is 11.2. The zero-order chi connectivity index (χ0) is 22.4. The molecule has 3 aromatic carbocycles. The van der Waals surface area contributed by atoms with Crippen LogP contribution in [0.4, 0.5) is 0 Å². The third kappa shape index (κ3) is 5.56. The van der Waals surface area contributed by atoms with Crippen molar-refractivity contribution in [2.75, 3.05) is 0 Å². The van der Waals surface area contributed by atoms with Crippen molar-refractivity contribution in [3.63, 3.8) is 0 Å². The van der Waals surface area contributed by atoms with Gasteiger partial charge in [0.1, 0.15) is 11.5 Å². The van der Waals surface area contributed by atoms with Crippen molar-refractivity contribution in [1.82, 2.24) is 0 Å². The Hall–Kier alpha value is -3.58. The summed E-state index contributed by atoms with van der Waals surface area (Å²) in [6, 6.07) is 25.9. The molecule has 1 unspecified atom stereocenters. The van der Waals surface area contributed by atoms with Gasteiger partial charge in [-0.3, -0.25) is 0 Å². The molecule has 0 saturated heterocycles. The number of ether oxygens (including phenoxy) is 1. The van der Waals surface area contributed by atoms with Crippen molar-refractivity contribution in [3.05, 3.63) is 138 Å². The zero-order valence-corrected chi connectivity index (χ0v) is 19.1. The van der Waals surface area contributed by atoms with Crippen molar-refractivity contribution in [2.45, 2.75) is 27.2 Å². The Morgan fingerprint density at radius 2 is 1.38 bits per heavy atom. The van der Waals surface area contributed by atoms with Crippen molar-refractivity contribution >= 4 is 0 Å². The summed E-state index contributed by atoms with van der Waals surface area (Å²) in [6.07, 6.45) is 15.7. The number of hydrogen-bond acceptors (Lipinski definition) is 1. The van der Waals surface area contributed by atoms with Gasteiger partial charge in [-0.25, -0.2) is 0 Å². The average molecular weight is 419 g/mol. The third-order valence-electron chi connectivity index (χ3n) is 5.75. The fourth-order valence-corrected chi connectivity index (χ4v) is 3.87. The van der Waals surface area contributed by atoms with Gasteiger partial charge in [0, 0.05) is 5.41 Å². The molecule has 1 atom stereocenters. The smallest absolute Gasteiger partial charge is 0.127 e. The molecule has 0 fully saturated rings. The van der Waals surface area contributed by atoms with Crippen LogP contribution in [0.3, 0.4) is 0 Å². The van der Waals surface area contributed by atoms with Crippen LogP contribution in [0.25, 0.3) is 11.1 Å². The lowest BCUT2D eigenvalue weighted by molar-refractivity contribution is 0.444. The van der Waals surface area contributed by atoms with Crippen molar-refractivity contribution in [1.29, 1.82) is 0 Å². The van der Waals surface area contributed by atoms with Crippen LogP contribution in [-0.2, 0) is 6.42 Å². The standard InChI is InChI=1S/C31H30O/c1-4-20-31(3)21-5-6-29(19-22-31)32-30-17-15-28(16-18-30)27-13-11-26(12-14-27)23-25-9-7-24(2)8-10-25/h4-22H,23H2,1-3H3/b20-4+. The second kappa shape index (κ2) is 9.70. The van der Waals surface area contributed by atoms with E-state index in [4.69, 9.17) is 4.74 Å². The van der Waals surface area contributed by atoms with Crippen molar-refractivity contribution in [3.8, 4) is 16.9 Å². The van der Waals surface area contributed by atoms with E-state index < -0.39 is 0 Å². The Bertz CT molecular complexity index is 1160. The van der Waals surface area contributed by atoms with E-state index in [1.807, 2.05) is 31.2 Å². The Morgan fingerprint density at radius 3 is 2.00 bits per heavy atom. The average Bonchev–Trinajstić information content (AvgIpc) is 2.98. The quantitative estimate of drug-likeness (QED) is 0.366. The highest BCUT2D eigenvalue weighted by molar-refractivity contribution is 5.64. The minimum atomic E-state index is -0.0775. The van der Waals surface area contributed by atoms with Gasteiger partial charge in [0.2, 0.25) is 0 Å². The van der Waals surface area contributed by atoms with Crippen LogP contribution in [0, 0.1) is 12.3 Å². The molecule has 0 radical (unpaired) electrons. The van der Waals surface area contributed by atoms with E-state index in [0.717, 1.165) is 17.9 Å². The Balaban J connectivity index is 1.41. The van der Waals surface area contributed by atoms with Gasteiger partial charge in [0.25, 0.3) is 0 Å². The molecule has 32 heavy (non-hydrogen) atoms. The molecule has 1 heteroatoms. The molecule has 0 saturated carbocycles. The third-order valence-corrected chi connectivity index (χ3v) is 5.75. The summed E-state index contributed by atoms with van der Waals surface area (Å²) in [5.41, 5.74) is 6.28. The maximum atomic E-state index is 6.09. The van der Waals surface area contributed by atoms with Crippen LogP contribution in [0.2, 0.25) is 0 Å². The summed E-state index contributed by atoms with van der Waals surface area (Å²) < 4.78 is 6.09. The minimum absolute atomic E-state index is 0.0775. The molecule has 0 aliphatic heterocycles. The number of aryl methyl sites for hydroxylation is 1. The van der Waals surface area contributed by atoms with Crippen LogP contribution in [0.1, 0.15) is 30.5 Å². The van der Waals surface area contributed by atoms with Crippen LogP contribution in [0.15, 0.2) is 121 Å². The van der Waals surface area contributed by atoms with Gasteiger partial charge >= 0.3 is 0 Å². The van der Waals surface area contributed by atoms with E-state index in [2.05, 4.69) is 105 Å². The molecular weight excluding hydrogens is 388 g/mol. The molecule has 0 N–H and O–H groups in total. The van der Waals surface area contributed by atoms with Gasteiger partial charge in [0.05, 0.1) is 0 Å². The minimum Gasteiger partial charge on any atom is -0.457 e. The van der Waals surface area contributed by atoms with Gasteiger partial charge in [-0.2, -0.15) is 0 Å². The molecule has 1 aliphatic rings. The molecule has 3 aromatic rings. The van der Waals surface area contributed by atoms with Crippen LogP contribution >= 0.6 is 0 Å². The Labute approximate surface area is 192 Å². The fourth-order valence-electron chi connectivity index (χ4n) is 3.87. The molecular formula is C31H30O. The lowest BCUT2D eigenvalue weighted by atomic mass is 9.90. The maximum absolute atomic E-state index is 6.09. The highest BCUT2D eigenvalue weighted by atomic mass is 16.5. The van der Waals surface area contributed by atoms with Crippen LogP contribution in [0.5, 0.6) is 5.75 Å². The Kier molecular flexibility index (Phi) is 6.56. The van der Waals surface area contributed by atoms with E-state index in [0.29, 0.717) is 0 Å². The summed E-state index contributed by atoms with van der Waals surface area (Å²) in [5.74, 6) is 1.67. The first-order valence-electron chi connectivity index (χ1n) is 11.2. The molecule has 1 nitrogen and oxygen atoms in total. The van der Waals surface area contributed by atoms with E-state index in [1.165, 1.54) is 27.8 Å². The molecule has 160 valence electrons. The van der Waals surface area contributed by atoms with Crippen molar-refractivity contribution < 1.29 is 4.74 Å². The zero-order valence-electron chi connectivity index (χ0n) is 19.1. The lowest BCUT2D eigenvalue weighted by Crippen LogP contribution is -2.04. The lowest BCUT2D eigenvalue weighted by Gasteiger charge is -2.15. The highest BCUT2D eigenvalue weighted by Gasteiger charge is 2.14. The SMILES string of the molecule is C/C=C/C1(C)C=CC=C(Oc2ccc(-c3ccc(Cc4ccc(C)cc4)cc3)cc2)C=C1. The van der Waals surface area contributed by atoms with Gasteiger partial charge in [0.15, 0.2) is 0 Å². The van der Waals surface area contributed by atoms with E-state index in [9.17, 15) is 0 Å². The van der Waals surface area contributed by atoms with Gasteiger partial charge in [-0.05, 0) is 73.7 Å². The van der Waals surface area contributed by atoms with Crippen LogP contribution < -0.4 is 4.74 Å². The summed E-state index contributed by atoms with van der Waals surface area (Å²) in [7, 11) is 0. The van der Waals surface area contributed by atoms with E-state index in [-0.39, 0.29) is 5.41 Å². The largest absolute Gasteiger partial charge is 0.457 e. The molecule has 1 aliphatic carbocycles. The van der Waals surface area contributed by atoms with E-state index in [1.54, 1.807) is 0 Å². The summed E-state index contributed by atoms with van der Waals surface area (Å²) in [5, 5.41) is 0.